The first-order valence-electron chi connectivity index (χ1n) is 18.7. The molecule has 52 heavy (non-hydrogen) atoms. The van der Waals surface area contributed by atoms with Crippen molar-refractivity contribution >= 4 is 23.8 Å². The molecule has 0 aliphatic heterocycles. The highest BCUT2D eigenvalue weighted by atomic mass is 16.6. The molecule has 0 bridgehead atoms. The molecule has 4 atom stereocenters. The number of hydrogen-bond donors (Lipinski definition) is 4. The van der Waals surface area contributed by atoms with Crippen molar-refractivity contribution in [3.8, 4) is 0 Å². The van der Waals surface area contributed by atoms with Crippen molar-refractivity contribution in [1.82, 2.24) is 16.0 Å². The number of hydrogen-bond acceptors (Lipinski definition) is 10. The summed E-state index contributed by atoms with van der Waals surface area (Å²) in [5.74, 6) is -2.17. The van der Waals surface area contributed by atoms with Crippen molar-refractivity contribution in [3.63, 3.8) is 0 Å². The zero-order valence-electron chi connectivity index (χ0n) is 35.3. The van der Waals surface area contributed by atoms with Crippen molar-refractivity contribution in [3.05, 3.63) is 35.9 Å². The SMILES string of the molecule is CC(C)C(NC(=O)C(C)(C)C(C)(C)N[C@@H](Cc1ccccc1)C(=O)OC(C)(C)C)C(=O)OC(C)(N)CCC(C)(C)OC(=O)[C@@H](NC(C)(C)C)C(C)C. The molecule has 5 N–H and O–H groups in total. The van der Waals surface area contributed by atoms with Gasteiger partial charge in [0.25, 0.3) is 0 Å². The molecule has 0 aromatic heterocycles. The fourth-order valence-corrected chi connectivity index (χ4v) is 5.38. The Hall–Kier alpha value is -3.02. The van der Waals surface area contributed by atoms with Crippen molar-refractivity contribution < 1.29 is 33.4 Å². The molecular weight excluding hydrogens is 660 g/mol. The van der Waals surface area contributed by atoms with Crippen molar-refractivity contribution in [2.24, 2.45) is 23.0 Å². The maximum atomic E-state index is 14.0. The van der Waals surface area contributed by atoms with Crippen LogP contribution in [0.5, 0.6) is 0 Å². The highest BCUT2D eigenvalue weighted by molar-refractivity contribution is 5.89. The van der Waals surface area contributed by atoms with E-state index >= 15 is 0 Å². The number of benzene rings is 1. The second-order valence-electron chi connectivity index (χ2n) is 18.9. The van der Waals surface area contributed by atoms with Crippen LogP contribution < -0.4 is 21.7 Å². The molecular formula is C41H72N4O7. The normalized spacial score (nSPS) is 16.1. The minimum Gasteiger partial charge on any atom is -0.459 e. The van der Waals surface area contributed by atoms with Gasteiger partial charge in [0, 0.05) is 17.5 Å². The first-order chi connectivity index (χ1) is 23.3. The summed E-state index contributed by atoms with van der Waals surface area (Å²) in [6.45, 7) is 31.4. The molecule has 0 saturated carbocycles. The molecule has 1 amide bonds. The molecule has 0 aliphatic rings. The first kappa shape index (κ1) is 47.0. The number of ether oxygens (including phenoxy) is 3. The lowest BCUT2D eigenvalue weighted by Gasteiger charge is -2.44. The Bertz CT molecular complexity index is 1340. The Balaban J connectivity index is 3.09. The van der Waals surface area contributed by atoms with Gasteiger partial charge >= 0.3 is 17.9 Å². The standard InChI is InChI=1S/C41H72N4O7/c1-26(2)30(33(47)52-41(17,42)24-23-38(11,12)51-34(48)31(27(3)4)45-36(5,6)7)43-35(49)39(13,14)40(15,16)44-29(32(46)50-37(8,9)10)25-28-21-19-18-20-22-28/h18-22,26-27,29-31,44-45H,23-25,42H2,1-17H3,(H,43,49)/t29-,30?,31-,41?/m0/s1. The van der Waals surface area contributed by atoms with Crippen LogP contribution in [-0.4, -0.2) is 69.9 Å². The Kier molecular flexibility index (Phi) is 16.2. The van der Waals surface area contributed by atoms with E-state index < -0.39 is 63.9 Å². The lowest BCUT2D eigenvalue weighted by atomic mass is 9.72. The molecule has 1 aromatic carbocycles. The van der Waals surface area contributed by atoms with Gasteiger partial charge in [0.15, 0.2) is 5.72 Å². The van der Waals surface area contributed by atoms with Gasteiger partial charge in [-0.25, -0.2) is 4.79 Å². The van der Waals surface area contributed by atoms with E-state index in [0.717, 1.165) is 5.56 Å². The summed E-state index contributed by atoms with van der Waals surface area (Å²) in [4.78, 5) is 54.2. The van der Waals surface area contributed by atoms with Gasteiger partial charge in [-0.2, -0.15) is 0 Å². The Morgan fingerprint density at radius 1 is 0.654 bits per heavy atom. The lowest BCUT2D eigenvalue weighted by molar-refractivity contribution is -0.170. The minimum atomic E-state index is -1.41. The summed E-state index contributed by atoms with van der Waals surface area (Å²) in [6, 6.07) is 7.36. The number of nitrogens with one attached hydrogen (secondary N) is 3. The van der Waals surface area contributed by atoms with E-state index in [-0.39, 0.29) is 29.8 Å². The zero-order chi connectivity index (χ0) is 40.7. The van der Waals surface area contributed by atoms with Gasteiger partial charge in [0.1, 0.15) is 29.3 Å². The number of esters is 3. The molecule has 298 valence electrons. The van der Waals surface area contributed by atoms with Gasteiger partial charge in [-0.15, -0.1) is 0 Å². The summed E-state index contributed by atoms with van der Waals surface area (Å²) in [5, 5.41) is 9.66. The average Bonchev–Trinajstić information content (AvgIpc) is 2.95. The lowest BCUT2D eigenvalue weighted by Crippen LogP contribution is -2.64. The van der Waals surface area contributed by atoms with Gasteiger partial charge in [-0.05, 0) is 120 Å². The van der Waals surface area contributed by atoms with E-state index in [2.05, 4.69) is 16.0 Å². The molecule has 0 heterocycles. The summed E-state index contributed by atoms with van der Waals surface area (Å²) in [7, 11) is 0. The molecule has 0 aliphatic carbocycles. The monoisotopic (exact) mass is 733 g/mol. The third kappa shape index (κ3) is 15.5. The van der Waals surface area contributed by atoms with Crippen LogP contribution in [0.3, 0.4) is 0 Å². The smallest absolute Gasteiger partial charge is 0.330 e. The highest BCUT2D eigenvalue weighted by Crippen LogP contribution is 2.33. The zero-order valence-corrected chi connectivity index (χ0v) is 35.3. The summed E-state index contributed by atoms with van der Waals surface area (Å²) >= 11 is 0. The van der Waals surface area contributed by atoms with E-state index in [1.165, 1.54) is 0 Å². The number of rotatable bonds is 18. The largest absolute Gasteiger partial charge is 0.459 e. The molecule has 0 radical (unpaired) electrons. The van der Waals surface area contributed by atoms with E-state index in [1.54, 1.807) is 34.6 Å². The molecule has 0 spiro atoms. The molecule has 11 nitrogen and oxygen atoms in total. The van der Waals surface area contributed by atoms with Crippen molar-refractivity contribution in [2.75, 3.05) is 0 Å². The quantitative estimate of drug-likeness (QED) is 0.0778. The summed E-state index contributed by atoms with van der Waals surface area (Å²) in [6.07, 6.45) is 0.883. The number of carbonyl (C=O) groups is 4. The molecule has 1 rings (SSSR count). The minimum absolute atomic E-state index is 0.0125. The summed E-state index contributed by atoms with van der Waals surface area (Å²) < 4.78 is 17.5. The van der Waals surface area contributed by atoms with Gasteiger partial charge in [-0.1, -0.05) is 58.0 Å². The number of nitrogens with two attached hydrogens (primary N) is 1. The van der Waals surface area contributed by atoms with Crippen molar-refractivity contribution in [2.45, 2.75) is 183 Å². The van der Waals surface area contributed by atoms with E-state index in [4.69, 9.17) is 19.9 Å². The van der Waals surface area contributed by atoms with Gasteiger partial charge < -0.3 is 19.5 Å². The topological polar surface area (TPSA) is 158 Å². The number of amides is 1. The van der Waals surface area contributed by atoms with Crippen LogP contribution in [-0.2, 0) is 39.8 Å². The van der Waals surface area contributed by atoms with Gasteiger partial charge in [0.2, 0.25) is 5.91 Å². The highest BCUT2D eigenvalue weighted by Gasteiger charge is 2.47. The van der Waals surface area contributed by atoms with Crippen LogP contribution in [0.15, 0.2) is 30.3 Å². The van der Waals surface area contributed by atoms with Crippen LogP contribution in [0.25, 0.3) is 0 Å². The summed E-state index contributed by atoms with van der Waals surface area (Å²) in [5.41, 5.74) is 2.10. The predicted octanol–water partition coefficient (Wildman–Crippen LogP) is 6.21. The first-order valence-corrected chi connectivity index (χ1v) is 18.7. The Morgan fingerprint density at radius 3 is 1.62 bits per heavy atom. The van der Waals surface area contributed by atoms with Crippen LogP contribution in [0.4, 0.5) is 0 Å². The fourth-order valence-electron chi connectivity index (χ4n) is 5.38. The third-order valence-electron chi connectivity index (χ3n) is 9.29. The van der Waals surface area contributed by atoms with E-state index in [0.29, 0.717) is 12.8 Å². The van der Waals surface area contributed by atoms with Crippen LogP contribution in [0.1, 0.15) is 136 Å². The molecule has 0 saturated heterocycles. The second kappa shape index (κ2) is 17.9. The van der Waals surface area contributed by atoms with Crippen LogP contribution in [0, 0.1) is 17.3 Å². The predicted molar refractivity (Wildman–Crippen MR) is 207 cm³/mol. The molecule has 1 aromatic rings. The van der Waals surface area contributed by atoms with Crippen LogP contribution >= 0.6 is 0 Å². The third-order valence-corrected chi connectivity index (χ3v) is 9.29. The van der Waals surface area contributed by atoms with Crippen molar-refractivity contribution in [1.29, 1.82) is 0 Å². The number of carbonyl (C=O) groups excluding carboxylic acids is 4. The van der Waals surface area contributed by atoms with Gasteiger partial charge in [0.05, 0.1) is 5.41 Å². The molecule has 11 heteroatoms. The Labute approximate surface area is 314 Å². The maximum Gasteiger partial charge on any atom is 0.330 e. The van der Waals surface area contributed by atoms with Gasteiger partial charge in [-0.3, -0.25) is 30.8 Å². The van der Waals surface area contributed by atoms with E-state index in [1.807, 2.05) is 113 Å². The fraction of sp³-hybridized carbons (Fsp3) is 0.756. The molecule has 2 unspecified atom stereocenters. The maximum absolute atomic E-state index is 14.0. The van der Waals surface area contributed by atoms with E-state index in [9.17, 15) is 19.2 Å². The Morgan fingerprint density at radius 2 is 1.15 bits per heavy atom. The second-order valence-corrected chi connectivity index (χ2v) is 18.9. The molecule has 0 fully saturated rings. The average molecular weight is 733 g/mol. The van der Waals surface area contributed by atoms with Crippen LogP contribution in [0.2, 0.25) is 0 Å².